The monoisotopic (exact) mass is 504 g/mol. The molecular weight excluding hydrogens is 494 g/mol. The first kappa shape index (κ1) is 19.2. The molecule has 28 heavy (non-hydrogen) atoms. The van der Waals surface area contributed by atoms with Gasteiger partial charge in [0.25, 0.3) is 0 Å². The smallest absolute Gasteiger partial charge is 0.340 e. The summed E-state index contributed by atoms with van der Waals surface area (Å²) in [5, 5.41) is 19.1. The topological polar surface area (TPSA) is 76.0 Å². The molecule has 5 nitrogen and oxygen atoms in total. The Morgan fingerprint density at radius 3 is 2.64 bits per heavy atom. The van der Waals surface area contributed by atoms with Gasteiger partial charge in [-0.2, -0.15) is 0 Å². The number of alkyl halides is 1. The molecule has 2 heterocycles. The number of ether oxygens (including phenoxy) is 2. The van der Waals surface area contributed by atoms with Gasteiger partial charge in [0.05, 0.1) is 16.7 Å². The van der Waals surface area contributed by atoms with Crippen LogP contribution in [-0.4, -0.2) is 21.6 Å². The molecular formula is C20H11Cl2O5Rh-. The second-order valence-electron chi connectivity index (χ2n) is 6.42. The van der Waals surface area contributed by atoms with Crippen LogP contribution in [0, 0.1) is 5.38 Å². The van der Waals surface area contributed by atoms with Crippen LogP contribution in [0.4, 0.5) is 0 Å². The number of aromatic hydroxyl groups is 1. The van der Waals surface area contributed by atoms with Gasteiger partial charge in [0.2, 0.25) is 0 Å². The third-order valence-corrected chi connectivity index (χ3v) is 5.90. The third-order valence-electron chi connectivity index (χ3n) is 4.93. The normalized spacial score (nSPS) is 24.5. The average Bonchev–Trinajstić information content (AvgIpc) is 2.93. The molecule has 0 aromatic heterocycles. The second kappa shape index (κ2) is 6.45. The largest absolute Gasteiger partial charge is 0.545 e. The third kappa shape index (κ3) is 2.35. The summed E-state index contributed by atoms with van der Waals surface area (Å²) in [6.45, 7) is 0. The van der Waals surface area contributed by atoms with E-state index in [-0.39, 0.29) is 42.1 Å². The number of fused-ring (bicyclic) bond motifs is 5. The predicted molar refractivity (Wildman–Crippen MR) is 97.8 cm³/mol. The minimum absolute atomic E-state index is 0. The van der Waals surface area contributed by atoms with E-state index >= 15 is 0 Å². The zero-order chi connectivity index (χ0) is 18.9. The van der Waals surface area contributed by atoms with Gasteiger partial charge < -0.3 is 19.7 Å². The fourth-order valence-electron chi connectivity index (χ4n) is 3.82. The first-order valence-electron chi connectivity index (χ1n) is 8.10. The van der Waals surface area contributed by atoms with E-state index in [1.165, 1.54) is 18.2 Å². The van der Waals surface area contributed by atoms with Crippen LogP contribution in [0.2, 0.25) is 0 Å². The molecule has 0 bridgehead atoms. The van der Waals surface area contributed by atoms with Crippen molar-refractivity contribution in [1.29, 1.82) is 0 Å². The molecule has 1 spiro atoms. The average molecular weight is 505 g/mol. The fraction of sp³-hybridized carbons (Fsp3) is 0.100. The Labute approximate surface area is 182 Å². The summed E-state index contributed by atoms with van der Waals surface area (Å²) in [4.78, 5) is 12.7. The first-order valence-corrected chi connectivity index (χ1v) is 8.91. The van der Waals surface area contributed by atoms with Gasteiger partial charge in [-0.05, 0) is 24.0 Å². The van der Waals surface area contributed by atoms with Gasteiger partial charge in [-0.25, -0.2) is 16.4 Å². The van der Waals surface area contributed by atoms with Crippen LogP contribution in [0.3, 0.4) is 0 Å². The number of carbonyl (C=O) groups excluding carboxylic acids is 1. The van der Waals surface area contributed by atoms with Crippen LogP contribution >= 0.6 is 23.2 Å². The summed E-state index contributed by atoms with van der Waals surface area (Å²) in [7, 11) is 0. The summed E-state index contributed by atoms with van der Waals surface area (Å²) in [5.41, 5.74) is 0.480. The van der Waals surface area contributed by atoms with Crippen molar-refractivity contribution < 1.29 is 44.0 Å². The van der Waals surface area contributed by atoms with E-state index < -0.39 is 16.9 Å². The maximum Gasteiger partial charge on any atom is 0.340 e. The number of hydrogen-bond acceptors (Lipinski definition) is 5. The van der Waals surface area contributed by atoms with E-state index in [1.54, 1.807) is 30.3 Å². The number of phenols is 1. The van der Waals surface area contributed by atoms with E-state index in [0.717, 1.165) is 0 Å². The van der Waals surface area contributed by atoms with Crippen LogP contribution in [0.5, 0.6) is 11.5 Å². The molecule has 0 amide bonds. The van der Waals surface area contributed by atoms with E-state index in [1.807, 2.05) is 0 Å². The van der Waals surface area contributed by atoms with E-state index in [0.29, 0.717) is 28.0 Å². The van der Waals surface area contributed by atoms with E-state index in [2.05, 4.69) is 0 Å². The molecule has 2 unspecified atom stereocenters. The van der Waals surface area contributed by atoms with Gasteiger partial charge in [0.1, 0.15) is 11.5 Å². The second-order valence-corrected chi connectivity index (χ2v) is 7.26. The zero-order valence-corrected chi connectivity index (χ0v) is 17.1. The molecule has 0 fully saturated rings. The minimum atomic E-state index is -1.38. The van der Waals surface area contributed by atoms with Gasteiger partial charge in [-0.1, -0.05) is 29.7 Å². The molecule has 5 rings (SSSR count). The maximum atomic E-state index is 12.7. The van der Waals surface area contributed by atoms with Crippen molar-refractivity contribution in [3.63, 3.8) is 0 Å². The number of phenolic OH excluding ortho intramolecular Hbond substituents is 1. The molecule has 8 heteroatoms. The molecule has 1 radical (unpaired) electrons. The number of carbonyl (C=O) groups is 1. The summed E-state index contributed by atoms with van der Waals surface area (Å²) < 4.78 is 11.8. The fourth-order valence-corrected chi connectivity index (χ4v) is 4.33. The molecule has 2 aromatic rings. The Kier molecular flexibility index (Phi) is 4.42. The summed E-state index contributed by atoms with van der Waals surface area (Å²) in [6.07, 6.45) is 1.35. The van der Waals surface area contributed by atoms with Gasteiger partial charge in [0.15, 0.2) is 5.60 Å². The number of aliphatic hydroxyl groups excluding tert-OH is 1. The van der Waals surface area contributed by atoms with E-state index in [4.69, 9.17) is 32.7 Å². The SMILES string of the molecule is O=C1OC2(C3=C(C=C(O)C(Cl)[C-]3Cl)Oc3cc(O)ccc32)c2ccccc21.[Rh]. The molecule has 2 aliphatic heterocycles. The van der Waals surface area contributed by atoms with Crippen LogP contribution in [-0.2, 0) is 29.8 Å². The predicted octanol–water partition coefficient (Wildman–Crippen LogP) is 4.28. The molecule has 2 N–H and O–H groups in total. The Morgan fingerprint density at radius 2 is 1.86 bits per heavy atom. The van der Waals surface area contributed by atoms with Crippen LogP contribution in [0.25, 0.3) is 0 Å². The molecule has 0 saturated carbocycles. The number of halogens is 2. The van der Waals surface area contributed by atoms with Crippen molar-refractivity contribution in [3.05, 3.63) is 87.7 Å². The molecule has 3 aliphatic rings. The number of hydrogen-bond donors (Lipinski definition) is 2. The van der Waals surface area contributed by atoms with Crippen LogP contribution < -0.4 is 4.74 Å². The maximum absolute atomic E-state index is 12.7. The number of rotatable bonds is 0. The molecule has 2 atom stereocenters. The van der Waals surface area contributed by atoms with Gasteiger partial charge in [-0.3, -0.25) is 0 Å². The Balaban J connectivity index is 0.00000192. The summed E-state index contributed by atoms with van der Waals surface area (Å²) >= 11 is 12.8. The van der Waals surface area contributed by atoms with Crippen molar-refractivity contribution in [2.45, 2.75) is 11.0 Å². The Morgan fingerprint density at radius 1 is 1.11 bits per heavy atom. The first-order chi connectivity index (χ1) is 12.9. The number of aliphatic hydroxyl groups is 1. The number of benzene rings is 2. The van der Waals surface area contributed by atoms with Gasteiger partial charge in [-0.15, -0.1) is 17.2 Å². The molecule has 1 aliphatic carbocycles. The number of allylic oxidation sites excluding steroid dienone is 2. The quantitative estimate of drug-likeness (QED) is 0.242. The zero-order valence-electron chi connectivity index (χ0n) is 13.9. The van der Waals surface area contributed by atoms with Gasteiger partial charge >= 0.3 is 5.97 Å². The molecule has 0 saturated heterocycles. The Hall–Kier alpha value is -2.14. The van der Waals surface area contributed by atoms with Crippen molar-refractivity contribution in [1.82, 2.24) is 0 Å². The van der Waals surface area contributed by atoms with Crippen molar-refractivity contribution in [2.24, 2.45) is 0 Å². The van der Waals surface area contributed by atoms with Crippen molar-refractivity contribution in [3.8, 4) is 11.5 Å². The van der Waals surface area contributed by atoms with E-state index in [9.17, 15) is 15.0 Å². The van der Waals surface area contributed by atoms with Crippen LogP contribution in [0.1, 0.15) is 21.5 Å². The van der Waals surface area contributed by atoms with Crippen LogP contribution in [0.15, 0.2) is 65.6 Å². The minimum Gasteiger partial charge on any atom is -0.545 e. The molecule has 145 valence electrons. The van der Waals surface area contributed by atoms with Crippen molar-refractivity contribution in [2.75, 3.05) is 0 Å². The molecule has 2 aromatic carbocycles. The standard InChI is InChI=1S/C20H11Cl2O5.Rh/c21-17-13(24)8-15-16(18(17)22)20(12-6-5-9(23)7-14(12)26-15)11-4-2-1-3-10(11)19(25)27-20;/h1-8,17,23-24H;/q-1;. The van der Waals surface area contributed by atoms with Gasteiger partial charge in [0, 0.05) is 36.7 Å². The Bertz CT molecular complexity index is 1080. The summed E-state index contributed by atoms with van der Waals surface area (Å²) in [6, 6.07) is 11.5. The summed E-state index contributed by atoms with van der Waals surface area (Å²) in [5.74, 6) is -0.207. The number of esters is 1. The van der Waals surface area contributed by atoms with Crippen molar-refractivity contribution >= 4 is 29.2 Å².